The summed E-state index contributed by atoms with van der Waals surface area (Å²) >= 11 is 3.60. The van der Waals surface area contributed by atoms with Gasteiger partial charge in [-0.05, 0) is 70.2 Å². The third-order valence-corrected chi connectivity index (χ3v) is 8.67. The van der Waals surface area contributed by atoms with Crippen LogP contribution in [0.2, 0.25) is 0 Å². The summed E-state index contributed by atoms with van der Waals surface area (Å²) < 4.78 is 7.59. The SMILES string of the molecule is CCc1ccc(Br)cc1C1=C(C)[C@@]2(C)[C@@](C)(C1=O)[C@]1(C)CC[C@@]2(C)O1. The van der Waals surface area contributed by atoms with Crippen LogP contribution in [0, 0.1) is 10.8 Å². The molecule has 2 heterocycles. The molecular formula is C22H27BrO2. The summed E-state index contributed by atoms with van der Waals surface area (Å²) in [7, 11) is 0. The molecule has 2 saturated heterocycles. The number of Topliss-reactive ketones (excluding diaryl/α,β-unsaturated/α-hetero) is 1. The van der Waals surface area contributed by atoms with Gasteiger partial charge < -0.3 is 4.74 Å². The molecule has 134 valence electrons. The molecule has 1 aromatic carbocycles. The first kappa shape index (κ1) is 17.5. The van der Waals surface area contributed by atoms with E-state index in [0.717, 1.165) is 34.9 Å². The van der Waals surface area contributed by atoms with Gasteiger partial charge in [-0.1, -0.05) is 41.4 Å². The molecule has 0 saturated carbocycles. The van der Waals surface area contributed by atoms with E-state index in [9.17, 15) is 4.79 Å². The van der Waals surface area contributed by atoms with Crippen molar-refractivity contribution in [3.8, 4) is 0 Å². The first-order chi connectivity index (χ1) is 11.6. The molecule has 4 rings (SSSR count). The largest absolute Gasteiger partial charge is 0.367 e. The Balaban J connectivity index is 2.02. The number of ketones is 1. The zero-order valence-electron chi connectivity index (χ0n) is 16.0. The van der Waals surface area contributed by atoms with Crippen LogP contribution in [0.5, 0.6) is 0 Å². The predicted molar refractivity (Wildman–Crippen MR) is 104 cm³/mol. The van der Waals surface area contributed by atoms with Gasteiger partial charge in [-0.15, -0.1) is 0 Å². The maximum Gasteiger partial charge on any atom is 0.173 e. The second-order valence-electron chi connectivity index (χ2n) is 8.80. The zero-order valence-corrected chi connectivity index (χ0v) is 17.6. The van der Waals surface area contributed by atoms with E-state index in [2.05, 4.69) is 75.7 Å². The van der Waals surface area contributed by atoms with Crippen molar-refractivity contribution in [3.05, 3.63) is 39.4 Å². The lowest BCUT2D eigenvalue weighted by molar-refractivity contribution is -0.133. The lowest BCUT2D eigenvalue weighted by Crippen LogP contribution is -2.56. The Bertz CT molecular complexity index is 840. The van der Waals surface area contributed by atoms with Crippen molar-refractivity contribution in [2.24, 2.45) is 10.8 Å². The number of carbonyl (C=O) groups excluding carboxylic acids is 1. The maximum absolute atomic E-state index is 13.9. The number of ether oxygens (including phenoxy) is 1. The highest BCUT2D eigenvalue weighted by molar-refractivity contribution is 9.10. The predicted octanol–water partition coefficient (Wildman–Crippen LogP) is 5.72. The van der Waals surface area contributed by atoms with E-state index in [1.54, 1.807) is 0 Å². The molecule has 3 heteroatoms. The molecule has 1 aromatic rings. The smallest absolute Gasteiger partial charge is 0.173 e. The zero-order chi connectivity index (χ0) is 18.4. The number of halogens is 1. The monoisotopic (exact) mass is 402 g/mol. The van der Waals surface area contributed by atoms with Crippen LogP contribution in [-0.2, 0) is 16.0 Å². The number of fused-ring (bicyclic) bond motifs is 5. The summed E-state index contributed by atoms with van der Waals surface area (Å²) in [5.41, 5.74) is 3.08. The van der Waals surface area contributed by atoms with E-state index in [0.29, 0.717) is 0 Å². The maximum atomic E-state index is 13.9. The Morgan fingerprint density at radius 1 is 1.08 bits per heavy atom. The van der Waals surface area contributed by atoms with Gasteiger partial charge in [0.1, 0.15) is 0 Å². The van der Waals surface area contributed by atoms with Crippen LogP contribution >= 0.6 is 15.9 Å². The molecule has 0 N–H and O–H groups in total. The summed E-state index contributed by atoms with van der Waals surface area (Å²) in [5.74, 6) is 0.270. The molecule has 2 nitrogen and oxygen atoms in total. The Hall–Kier alpha value is -0.930. The number of rotatable bonds is 2. The number of allylic oxidation sites excluding steroid dienone is 1. The van der Waals surface area contributed by atoms with E-state index >= 15 is 0 Å². The highest BCUT2D eigenvalue weighted by Crippen LogP contribution is 2.76. The molecule has 0 radical (unpaired) electrons. The molecular weight excluding hydrogens is 376 g/mol. The first-order valence-corrected chi connectivity index (χ1v) is 10.1. The molecule has 0 unspecified atom stereocenters. The minimum Gasteiger partial charge on any atom is -0.367 e. The number of aryl methyl sites for hydroxylation is 1. The van der Waals surface area contributed by atoms with Crippen LogP contribution in [0.25, 0.3) is 5.57 Å². The van der Waals surface area contributed by atoms with Crippen molar-refractivity contribution in [2.75, 3.05) is 0 Å². The third-order valence-electron chi connectivity index (χ3n) is 8.17. The Labute approximate surface area is 159 Å². The van der Waals surface area contributed by atoms with Crippen molar-refractivity contribution >= 4 is 27.3 Å². The average Bonchev–Trinajstić information content (AvgIpc) is 3.02. The second kappa shape index (κ2) is 4.86. The molecule has 1 aliphatic carbocycles. The normalized spacial score (nSPS) is 42.4. The van der Waals surface area contributed by atoms with Crippen LogP contribution in [0.15, 0.2) is 28.2 Å². The Kier molecular flexibility index (Phi) is 3.40. The van der Waals surface area contributed by atoms with Gasteiger partial charge in [0.25, 0.3) is 0 Å². The summed E-state index contributed by atoms with van der Waals surface area (Å²) in [6.07, 6.45) is 2.90. The number of benzene rings is 1. The highest BCUT2D eigenvalue weighted by Gasteiger charge is 2.81. The molecule has 0 aromatic heterocycles. The summed E-state index contributed by atoms with van der Waals surface area (Å²) in [6.45, 7) is 13.1. The van der Waals surface area contributed by atoms with Gasteiger partial charge in [0.2, 0.25) is 0 Å². The fourth-order valence-corrected chi connectivity index (χ4v) is 6.52. The van der Waals surface area contributed by atoms with Crippen LogP contribution < -0.4 is 0 Å². The minimum absolute atomic E-state index is 0.257. The van der Waals surface area contributed by atoms with Crippen LogP contribution in [0.1, 0.15) is 65.5 Å². The van der Waals surface area contributed by atoms with E-state index in [1.807, 2.05) is 0 Å². The fourth-order valence-electron chi connectivity index (χ4n) is 6.16. The third kappa shape index (κ3) is 1.68. The summed E-state index contributed by atoms with van der Waals surface area (Å²) in [4.78, 5) is 13.9. The molecule has 2 aliphatic heterocycles. The molecule has 4 atom stereocenters. The molecule has 2 bridgehead atoms. The van der Waals surface area contributed by atoms with Crippen molar-refractivity contribution in [1.29, 1.82) is 0 Å². The topological polar surface area (TPSA) is 26.3 Å². The van der Waals surface area contributed by atoms with E-state index in [1.165, 1.54) is 11.1 Å². The van der Waals surface area contributed by atoms with Gasteiger partial charge in [-0.3, -0.25) is 4.79 Å². The minimum atomic E-state index is -0.500. The standard InChI is InChI=1S/C22H27BrO2/c1-7-14-8-9-15(23)12-16(14)17-13(2)21(5)19(3)10-11-20(4,25-19)22(21,6)18(17)24/h8-9,12H,7,10-11H2,1-6H3/t19-,20+,21-,22+/m1/s1. The number of hydrogen-bond donors (Lipinski definition) is 0. The van der Waals surface area contributed by atoms with Gasteiger partial charge in [0, 0.05) is 15.5 Å². The van der Waals surface area contributed by atoms with Crippen LogP contribution in [0.4, 0.5) is 0 Å². The Morgan fingerprint density at radius 2 is 1.68 bits per heavy atom. The number of hydrogen-bond acceptors (Lipinski definition) is 2. The quantitative estimate of drug-likeness (QED) is 0.631. The highest BCUT2D eigenvalue weighted by atomic mass is 79.9. The van der Waals surface area contributed by atoms with Crippen LogP contribution in [0.3, 0.4) is 0 Å². The van der Waals surface area contributed by atoms with Crippen LogP contribution in [-0.4, -0.2) is 17.0 Å². The van der Waals surface area contributed by atoms with E-state index < -0.39 is 5.41 Å². The molecule has 0 amide bonds. The van der Waals surface area contributed by atoms with Gasteiger partial charge in [0.15, 0.2) is 5.78 Å². The van der Waals surface area contributed by atoms with Crippen molar-refractivity contribution in [2.45, 2.75) is 72.0 Å². The molecule has 3 aliphatic rings. The lowest BCUT2D eigenvalue weighted by atomic mass is 9.49. The van der Waals surface area contributed by atoms with Gasteiger partial charge in [0.05, 0.1) is 16.6 Å². The van der Waals surface area contributed by atoms with E-state index in [-0.39, 0.29) is 22.4 Å². The summed E-state index contributed by atoms with van der Waals surface area (Å²) in [5, 5.41) is 0. The average molecular weight is 403 g/mol. The summed E-state index contributed by atoms with van der Waals surface area (Å²) in [6, 6.07) is 6.33. The van der Waals surface area contributed by atoms with Gasteiger partial charge in [-0.25, -0.2) is 0 Å². The lowest BCUT2D eigenvalue weighted by Gasteiger charge is -2.49. The van der Waals surface area contributed by atoms with Crippen molar-refractivity contribution in [3.63, 3.8) is 0 Å². The molecule has 25 heavy (non-hydrogen) atoms. The molecule has 2 fully saturated rings. The number of carbonyl (C=O) groups is 1. The van der Waals surface area contributed by atoms with Crippen molar-refractivity contribution in [1.82, 2.24) is 0 Å². The fraction of sp³-hybridized carbons (Fsp3) is 0.591. The van der Waals surface area contributed by atoms with Gasteiger partial charge >= 0.3 is 0 Å². The first-order valence-electron chi connectivity index (χ1n) is 9.31. The van der Waals surface area contributed by atoms with Crippen molar-refractivity contribution < 1.29 is 9.53 Å². The second-order valence-corrected chi connectivity index (χ2v) is 9.71. The van der Waals surface area contributed by atoms with Gasteiger partial charge in [-0.2, -0.15) is 0 Å². The Morgan fingerprint density at radius 3 is 2.24 bits per heavy atom. The molecule has 0 spiro atoms. The van der Waals surface area contributed by atoms with E-state index in [4.69, 9.17) is 4.74 Å².